The molecule has 2 heterocycles. The molecule has 0 spiro atoms. The quantitative estimate of drug-likeness (QED) is 0.414. The van der Waals surface area contributed by atoms with Crippen LogP contribution < -0.4 is 4.74 Å². The Morgan fingerprint density at radius 1 is 1.07 bits per heavy atom. The largest absolute Gasteiger partial charge is 0.496 e. The average Bonchev–Trinajstić information content (AvgIpc) is 3.30. The highest BCUT2D eigenvalue weighted by molar-refractivity contribution is 6.31. The summed E-state index contributed by atoms with van der Waals surface area (Å²) in [6.45, 7) is 4.49. The van der Waals surface area contributed by atoms with Crippen molar-refractivity contribution in [3.05, 3.63) is 69.5 Å². The van der Waals surface area contributed by atoms with E-state index in [2.05, 4.69) is 15.2 Å². The van der Waals surface area contributed by atoms with Crippen molar-refractivity contribution in [2.24, 2.45) is 0 Å². The van der Waals surface area contributed by atoms with E-state index in [4.69, 9.17) is 32.5 Å². The number of ether oxygens (including phenoxy) is 1. The first-order chi connectivity index (χ1) is 14.0. The van der Waals surface area contributed by atoms with E-state index in [-0.39, 0.29) is 0 Å². The maximum Gasteiger partial charge on any atom is 0.258 e. The molecule has 0 aliphatic rings. The van der Waals surface area contributed by atoms with Gasteiger partial charge in [-0.1, -0.05) is 40.5 Å². The van der Waals surface area contributed by atoms with Crippen LogP contribution in [0.4, 0.5) is 0 Å². The highest BCUT2D eigenvalue weighted by atomic mass is 35.5. The Morgan fingerprint density at radius 2 is 1.83 bits per heavy atom. The van der Waals surface area contributed by atoms with E-state index in [1.165, 1.54) is 0 Å². The molecule has 4 rings (SSSR count). The Hall–Kier alpha value is -2.83. The summed E-state index contributed by atoms with van der Waals surface area (Å²) in [7, 11) is 1.59. The second kappa shape index (κ2) is 7.89. The van der Waals surface area contributed by atoms with Crippen LogP contribution in [0.15, 0.2) is 47.0 Å². The van der Waals surface area contributed by atoms with Crippen LogP contribution in [0.2, 0.25) is 10.0 Å². The lowest BCUT2D eigenvalue weighted by molar-refractivity contribution is 0.413. The first kappa shape index (κ1) is 19.5. The van der Waals surface area contributed by atoms with Gasteiger partial charge in [0.15, 0.2) is 0 Å². The predicted molar refractivity (Wildman–Crippen MR) is 113 cm³/mol. The van der Waals surface area contributed by atoms with Crippen LogP contribution in [0, 0.1) is 13.8 Å². The lowest BCUT2D eigenvalue weighted by Gasteiger charge is -2.05. The zero-order chi connectivity index (χ0) is 20.5. The van der Waals surface area contributed by atoms with Crippen molar-refractivity contribution in [1.82, 2.24) is 19.9 Å². The molecule has 2 aromatic carbocycles. The molecule has 6 nitrogen and oxygen atoms in total. The standard InChI is InChI=1S/C21H18Cl2N4O2/c1-12-19(23)13(2)27(25-12)11-14-4-6-15(7-5-14)21-24-20(26-29-21)17-10-16(22)8-9-18(17)28-3/h4-10H,11H2,1-3H3. The fourth-order valence-corrected chi connectivity index (χ4v) is 3.37. The van der Waals surface area contributed by atoms with Gasteiger partial charge in [-0.3, -0.25) is 4.68 Å². The van der Waals surface area contributed by atoms with Gasteiger partial charge in [-0.05, 0) is 49.7 Å². The number of rotatable bonds is 5. The molecule has 0 saturated carbocycles. The summed E-state index contributed by atoms with van der Waals surface area (Å²) < 4.78 is 12.7. The molecule has 0 saturated heterocycles. The summed E-state index contributed by atoms with van der Waals surface area (Å²) >= 11 is 12.3. The van der Waals surface area contributed by atoms with Crippen molar-refractivity contribution in [2.75, 3.05) is 7.11 Å². The summed E-state index contributed by atoms with van der Waals surface area (Å²) in [6.07, 6.45) is 0. The Morgan fingerprint density at radius 3 is 2.48 bits per heavy atom. The molecule has 0 bridgehead atoms. The highest BCUT2D eigenvalue weighted by Crippen LogP contribution is 2.32. The van der Waals surface area contributed by atoms with Crippen LogP contribution in [0.25, 0.3) is 22.8 Å². The van der Waals surface area contributed by atoms with Crippen molar-refractivity contribution < 1.29 is 9.26 Å². The molecule has 0 N–H and O–H groups in total. The van der Waals surface area contributed by atoms with Gasteiger partial charge in [0.2, 0.25) is 5.82 Å². The molecule has 4 aromatic rings. The summed E-state index contributed by atoms with van der Waals surface area (Å²) in [6, 6.07) is 13.2. The van der Waals surface area contributed by atoms with Crippen LogP contribution in [-0.4, -0.2) is 27.0 Å². The number of nitrogens with zero attached hydrogens (tertiary/aromatic N) is 4. The van der Waals surface area contributed by atoms with Gasteiger partial charge in [0.1, 0.15) is 5.75 Å². The fraction of sp³-hybridized carbons (Fsp3) is 0.190. The maximum absolute atomic E-state index is 6.23. The topological polar surface area (TPSA) is 66.0 Å². The molecule has 0 radical (unpaired) electrons. The molecule has 0 fully saturated rings. The minimum Gasteiger partial charge on any atom is -0.496 e. The highest BCUT2D eigenvalue weighted by Gasteiger charge is 2.15. The van der Waals surface area contributed by atoms with Gasteiger partial charge in [0.05, 0.1) is 35.6 Å². The summed E-state index contributed by atoms with van der Waals surface area (Å²) in [5.74, 6) is 1.46. The number of aromatic nitrogens is 4. The monoisotopic (exact) mass is 428 g/mol. The van der Waals surface area contributed by atoms with Crippen LogP contribution in [0.5, 0.6) is 5.75 Å². The Balaban J connectivity index is 1.57. The first-order valence-corrected chi connectivity index (χ1v) is 9.68. The van der Waals surface area contributed by atoms with Gasteiger partial charge < -0.3 is 9.26 Å². The minimum absolute atomic E-state index is 0.417. The van der Waals surface area contributed by atoms with Crippen molar-refractivity contribution in [3.8, 4) is 28.6 Å². The number of methoxy groups -OCH3 is 1. The van der Waals surface area contributed by atoms with Crippen molar-refractivity contribution >= 4 is 23.2 Å². The Labute approximate surface area is 178 Å². The van der Waals surface area contributed by atoms with E-state index in [1.807, 2.05) is 42.8 Å². The maximum atomic E-state index is 6.23. The molecule has 0 aliphatic heterocycles. The van der Waals surface area contributed by atoms with E-state index in [0.29, 0.717) is 39.6 Å². The molecule has 0 amide bonds. The third-order valence-corrected chi connectivity index (χ3v) is 5.44. The van der Waals surface area contributed by atoms with Crippen molar-refractivity contribution in [2.45, 2.75) is 20.4 Å². The second-order valence-electron chi connectivity index (χ2n) is 6.61. The number of hydrogen-bond acceptors (Lipinski definition) is 5. The van der Waals surface area contributed by atoms with E-state index in [0.717, 1.165) is 22.5 Å². The molecule has 0 aliphatic carbocycles. The minimum atomic E-state index is 0.417. The normalized spacial score (nSPS) is 11.1. The second-order valence-corrected chi connectivity index (χ2v) is 7.42. The molecule has 29 heavy (non-hydrogen) atoms. The SMILES string of the molecule is COc1ccc(Cl)cc1-c1noc(-c2ccc(Cn3nc(C)c(Cl)c3C)cc2)n1. The van der Waals surface area contributed by atoms with Gasteiger partial charge in [0, 0.05) is 10.6 Å². The summed E-state index contributed by atoms with van der Waals surface area (Å²) in [5.41, 5.74) is 4.36. The molecule has 8 heteroatoms. The van der Waals surface area contributed by atoms with E-state index in [1.54, 1.807) is 25.3 Å². The zero-order valence-electron chi connectivity index (χ0n) is 16.1. The van der Waals surface area contributed by atoms with Crippen LogP contribution in [0.1, 0.15) is 17.0 Å². The van der Waals surface area contributed by atoms with E-state index in [9.17, 15) is 0 Å². The van der Waals surface area contributed by atoms with Crippen molar-refractivity contribution in [3.63, 3.8) is 0 Å². The molecule has 2 aromatic heterocycles. The van der Waals surface area contributed by atoms with E-state index >= 15 is 0 Å². The van der Waals surface area contributed by atoms with E-state index < -0.39 is 0 Å². The molecular formula is C21H18Cl2N4O2. The van der Waals surface area contributed by atoms with Crippen LogP contribution >= 0.6 is 23.2 Å². The third kappa shape index (κ3) is 3.86. The predicted octanol–water partition coefficient (Wildman–Crippen LogP) is 5.58. The average molecular weight is 429 g/mol. The summed E-state index contributed by atoms with van der Waals surface area (Å²) in [5, 5.41) is 9.82. The molecule has 148 valence electrons. The third-order valence-electron chi connectivity index (χ3n) is 4.65. The fourth-order valence-electron chi connectivity index (χ4n) is 3.06. The first-order valence-electron chi connectivity index (χ1n) is 8.92. The lowest BCUT2D eigenvalue weighted by Crippen LogP contribution is -2.03. The molecule has 0 atom stereocenters. The number of aryl methyl sites for hydroxylation is 1. The summed E-state index contributed by atoms with van der Waals surface area (Å²) in [4.78, 5) is 4.49. The van der Waals surface area contributed by atoms with Crippen LogP contribution in [-0.2, 0) is 6.54 Å². The van der Waals surface area contributed by atoms with Gasteiger partial charge in [-0.25, -0.2) is 0 Å². The zero-order valence-corrected chi connectivity index (χ0v) is 17.6. The Bertz CT molecular complexity index is 1170. The van der Waals surface area contributed by atoms with Gasteiger partial charge in [-0.15, -0.1) is 0 Å². The van der Waals surface area contributed by atoms with Crippen molar-refractivity contribution in [1.29, 1.82) is 0 Å². The smallest absolute Gasteiger partial charge is 0.258 e. The van der Waals surface area contributed by atoms with Gasteiger partial charge in [0.25, 0.3) is 5.89 Å². The number of benzene rings is 2. The number of halogens is 2. The van der Waals surface area contributed by atoms with Gasteiger partial charge >= 0.3 is 0 Å². The lowest BCUT2D eigenvalue weighted by atomic mass is 10.1. The van der Waals surface area contributed by atoms with Gasteiger partial charge in [-0.2, -0.15) is 10.1 Å². The Kier molecular flexibility index (Phi) is 5.30. The molecular weight excluding hydrogens is 411 g/mol. The number of hydrogen-bond donors (Lipinski definition) is 0. The van der Waals surface area contributed by atoms with Crippen LogP contribution in [0.3, 0.4) is 0 Å². The molecule has 0 unspecified atom stereocenters.